The summed E-state index contributed by atoms with van der Waals surface area (Å²) >= 11 is 0. The lowest BCUT2D eigenvalue weighted by Gasteiger charge is -2.31. The molecule has 0 saturated carbocycles. The Kier molecular flexibility index (Phi) is 8.38. The van der Waals surface area contributed by atoms with E-state index in [-0.39, 0.29) is 18.1 Å². The summed E-state index contributed by atoms with van der Waals surface area (Å²) in [5.41, 5.74) is 1.11. The first-order valence-corrected chi connectivity index (χ1v) is 13.0. The normalized spacial score (nSPS) is 13.6. The molecule has 1 aliphatic heterocycles. The molecule has 3 rings (SSSR count). The SMILES string of the molecule is CCCNC(=O)C(C)N(Cc1ccccc1)C(=O)CN(c1ccc2c(c1)OCCO2)S(C)(=O)=O. The fourth-order valence-electron chi connectivity index (χ4n) is 3.56. The second-order valence-corrected chi connectivity index (χ2v) is 9.98. The van der Waals surface area contributed by atoms with Crippen LogP contribution in [0.15, 0.2) is 48.5 Å². The van der Waals surface area contributed by atoms with Crippen LogP contribution < -0.4 is 19.1 Å². The van der Waals surface area contributed by atoms with E-state index in [0.717, 1.165) is 22.5 Å². The van der Waals surface area contributed by atoms with Crippen molar-refractivity contribution in [2.75, 3.05) is 36.9 Å². The molecule has 0 spiro atoms. The fourth-order valence-corrected chi connectivity index (χ4v) is 4.40. The minimum absolute atomic E-state index is 0.166. The lowest BCUT2D eigenvalue weighted by atomic mass is 10.1. The second-order valence-electron chi connectivity index (χ2n) is 8.07. The molecule has 0 bridgehead atoms. The first kappa shape index (κ1) is 25.4. The van der Waals surface area contributed by atoms with Crippen molar-refractivity contribution in [1.82, 2.24) is 10.2 Å². The topological polar surface area (TPSA) is 105 Å². The Hall–Kier alpha value is -3.27. The van der Waals surface area contributed by atoms with Gasteiger partial charge < -0.3 is 19.7 Å². The van der Waals surface area contributed by atoms with Gasteiger partial charge in [0.15, 0.2) is 11.5 Å². The van der Waals surface area contributed by atoms with Crippen LogP contribution in [0, 0.1) is 0 Å². The zero-order chi connectivity index (χ0) is 24.7. The maximum Gasteiger partial charge on any atom is 0.244 e. The number of benzene rings is 2. The number of carbonyl (C=O) groups is 2. The van der Waals surface area contributed by atoms with Gasteiger partial charge in [0.1, 0.15) is 25.8 Å². The Labute approximate surface area is 200 Å². The van der Waals surface area contributed by atoms with E-state index in [2.05, 4.69) is 5.32 Å². The summed E-state index contributed by atoms with van der Waals surface area (Å²) in [6.45, 7) is 4.53. The largest absolute Gasteiger partial charge is 0.486 e. The second kappa shape index (κ2) is 11.2. The fraction of sp³-hybridized carbons (Fsp3) is 0.417. The van der Waals surface area contributed by atoms with Crippen LogP contribution in [0.4, 0.5) is 5.69 Å². The summed E-state index contributed by atoms with van der Waals surface area (Å²) in [6, 6.07) is 13.2. The van der Waals surface area contributed by atoms with Gasteiger partial charge in [-0.1, -0.05) is 37.3 Å². The number of hydrogen-bond acceptors (Lipinski definition) is 6. The molecule has 2 aromatic rings. The van der Waals surface area contributed by atoms with Gasteiger partial charge in [0.05, 0.1) is 11.9 Å². The van der Waals surface area contributed by atoms with Gasteiger partial charge in [-0.3, -0.25) is 13.9 Å². The maximum absolute atomic E-state index is 13.5. The van der Waals surface area contributed by atoms with Crippen molar-refractivity contribution in [3.05, 3.63) is 54.1 Å². The third-order valence-electron chi connectivity index (χ3n) is 5.41. The molecular weight excluding hydrogens is 458 g/mol. The molecule has 0 aromatic heterocycles. The van der Waals surface area contributed by atoms with Crippen LogP contribution in [0.1, 0.15) is 25.8 Å². The minimum atomic E-state index is -3.82. The summed E-state index contributed by atoms with van der Waals surface area (Å²) in [6.07, 6.45) is 1.80. The van der Waals surface area contributed by atoms with Crippen LogP contribution in [0.5, 0.6) is 11.5 Å². The van der Waals surface area contributed by atoms with E-state index in [0.29, 0.717) is 31.3 Å². The first-order chi connectivity index (χ1) is 16.2. The quantitative estimate of drug-likeness (QED) is 0.548. The molecule has 1 unspecified atom stereocenters. The van der Waals surface area contributed by atoms with Crippen molar-refractivity contribution < 1.29 is 27.5 Å². The predicted molar refractivity (Wildman–Crippen MR) is 129 cm³/mol. The van der Waals surface area contributed by atoms with E-state index < -0.39 is 28.5 Å². The Morgan fingerprint density at radius 1 is 1.06 bits per heavy atom. The van der Waals surface area contributed by atoms with Crippen molar-refractivity contribution in [2.45, 2.75) is 32.9 Å². The lowest BCUT2D eigenvalue weighted by molar-refractivity contribution is -0.139. The lowest BCUT2D eigenvalue weighted by Crippen LogP contribution is -2.51. The highest BCUT2D eigenvalue weighted by molar-refractivity contribution is 7.92. The monoisotopic (exact) mass is 489 g/mol. The average Bonchev–Trinajstić information content (AvgIpc) is 2.83. The van der Waals surface area contributed by atoms with Gasteiger partial charge in [0, 0.05) is 19.2 Å². The number of carbonyl (C=O) groups excluding carboxylic acids is 2. The van der Waals surface area contributed by atoms with Gasteiger partial charge in [-0.15, -0.1) is 0 Å². The van der Waals surface area contributed by atoms with Crippen LogP contribution in [0.3, 0.4) is 0 Å². The first-order valence-electron chi connectivity index (χ1n) is 11.2. The molecule has 0 saturated heterocycles. The number of anilines is 1. The molecule has 1 aliphatic rings. The number of nitrogens with one attached hydrogen (secondary N) is 1. The molecule has 0 aliphatic carbocycles. The Bertz CT molecular complexity index is 1110. The highest BCUT2D eigenvalue weighted by Crippen LogP contribution is 2.34. The third-order valence-corrected chi connectivity index (χ3v) is 6.55. The zero-order valence-electron chi connectivity index (χ0n) is 19.7. The highest BCUT2D eigenvalue weighted by Gasteiger charge is 2.30. The molecule has 2 amide bonds. The number of hydrogen-bond donors (Lipinski definition) is 1. The van der Waals surface area contributed by atoms with E-state index in [9.17, 15) is 18.0 Å². The van der Waals surface area contributed by atoms with Crippen molar-refractivity contribution >= 4 is 27.5 Å². The molecule has 10 heteroatoms. The van der Waals surface area contributed by atoms with Gasteiger partial charge in [-0.25, -0.2) is 8.42 Å². The van der Waals surface area contributed by atoms with Crippen LogP contribution in [-0.2, 0) is 26.2 Å². The smallest absolute Gasteiger partial charge is 0.244 e. The van der Waals surface area contributed by atoms with Crippen molar-refractivity contribution in [2.24, 2.45) is 0 Å². The third kappa shape index (κ3) is 6.40. The molecular formula is C24H31N3O6S. The van der Waals surface area contributed by atoms with Crippen LogP contribution >= 0.6 is 0 Å². The summed E-state index contributed by atoms with van der Waals surface area (Å²) in [4.78, 5) is 27.6. The number of rotatable bonds is 10. The summed E-state index contributed by atoms with van der Waals surface area (Å²) < 4.78 is 37.4. The number of amides is 2. The molecule has 184 valence electrons. The molecule has 34 heavy (non-hydrogen) atoms. The Morgan fingerprint density at radius 3 is 2.38 bits per heavy atom. The maximum atomic E-state index is 13.5. The van der Waals surface area contributed by atoms with E-state index in [1.165, 1.54) is 4.90 Å². The molecule has 9 nitrogen and oxygen atoms in total. The highest BCUT2D eigenvalue weighted by atomic mass is 32.2. The van der Waals surface area contributed by atoms with E-state index in [1.54, 1.807) is 25.1 Å². The average molecular weight is 490 g/mol. The molecule has 2 aromatic carbocycles. The summed E-state index contributed by atoms with van der Waals surface area (Å²) in [5.74, 6) is 0.139. The Balaban J connectivity index is 1.89. The zero-order valence-corrected chi connectivity index (χ0v) is 20.5. The van der Waals surface area contributed by atoms with E-state index in [1.807, 2.05) is 37.3 Å². The standard InChI is InChI=1S/C24H31N3O6S/c1-4-12-25-24(29)18(2)26(16-19-8-6-5-7-9-19)23(28)17-27(34(3,30)31)20-10-11-21-22(15-20)33-14-13-32-21/h5-11,15,18H,4,12-14,16-17H2,1-3H3,(H,25,29). The van der Waals surface area contributed by atoms with Gasteiger partial charge in [-0.2, -0.15) is 0 Å². The van der Waals surface area contributed by atoms with E-state index >= 15 is 0 Å². The van der Waals surface area contributed by atoms with Gasteiger partial charge in [-0.05, 0) is 31.0 Å². The number of sulfonamides is 1. The molecule has 1 heterocycles. The van der Waals surface area contributed by atoms with Gasteiger partial charge >= 0.3 is 0 Å². The molecule has 0 radical (unpaired) electrons. The minimum Gasteiger partial charge on any atom is -0.486 e. The van der Waals surface area contributed by atoms with Crippen molar-refractivity contribution in [1.29, 1.82) is 0 Å². The van der Waals surface area contributed by atoms with Gasteiger partial charge in [0.25, 0.3) is 0 Å². The van der Waals surface area contributed by atoms with Crippen molar-refractivity contribution in [3.63, 3.8) is 0 Å². The van der Waals surface area contributed by atoms with E-state index in [4.69, 9.17) is 9.47 Å². The predicted octanol–water partition coefficient (Wildman–Crippen LogP) is 2.17. The van der Waals surface area contributed by atoms with Crippen molar-refractivity contribution in [3.8, 4) is 11.5 Å². The Morgan fingerprint density at radius 2 is 1.74 bits per heavy atom. The van der Waals surface area contributed by atoms with Crippen LogP contribution in [-0.4, -0.2) is 63.7 Å². The summed E-state index contributed by atoms with van der Waals surface area (Å²) in [7, 11) is -3.82. The summed E-state index contributed by atoms with van der Waals surface area (Å²) in [5, 5.41) is 2.81. The number of nitrogens with zero attached hydrogens (tertiary/aromatic N) is 2. The van der Waals surface area contributed by atoms with Crippen LogP contribution in [0.2, 0.25) is 0 Å². The molecule has 1 N–H and O–H groups in total. The molecule has 0 fully saturated rings. The van der Waals surface area contributed by atoms with Crippen LogP contribution in [0.25, 0.3) is 0 Å². The molecule has 1 atom stereocenters. The van der Waals surface area contributed by atoms with Gasteiger partial charge in [0.2, 0.25) is 21.8 Å². The number of fused-ring (bicyclic) bond motifs is 1. The number of ether oxygens (including phenoxy) is 2.